The number of thiophene rings is 1. The topological polar surface area (TPSA) is 43.4 Å². The first-order chi connectivity index (χ1) is 11.8. The Morgan fingerprint density at radius 2 is 2.29 bits per heavy atom. The Hall–Kier alpha value is -1.89. The smallest absolute Gasteiger partial charge is 0.135 e. The summed E-state index contributed by atoms with van der Waals surface area (Å²) in [7, 11) is 0. The van der Waals surface area contributed by atoms with Crippen LogP contribution in [-0.2, 0) is 24.4 Å². The molecule has 24 heavy (non-hydrogen) atoms. The first kappa shape index (κ1) is 14.5. The fraction of sp³-hybridized carbons (Fsp3) is 0.389. The van der Waals surface area contributed by atoms with E-state index in [4.69, 9.17) is 9.15 Å². The van der Waals surface area contributed by atoms with Crippen molar-refractivity contribution in [2.24, 2.45) is 0 Å². The van der Waals surface area contributed by atoms with Crippen molar-refractivity contribution in [1.29, 1.82) is 0 Å². The van der Waals surface area contributed by atoms with Crippen LogP contribution in [0.25, 0.3) is 10.6 Å². The van der Waals surface area contributed by atoms with E-state index in [9.17, 15) is 0 Å². The van der Waals surface area contributed by atoms with E-state index in [1.54, 1.807) is 17.6 Å². The van der Waals surface area contributed by atoms with Gasteiger partial charge in [-0.15, -0.1) is 11.3 Å². The number of rotatable bonds is 3. The summed E-state index contributed by atoms with van der Waals surface area (Å²) >= 11 is 1.77. The molecule has 1 saturated heterocycles. The zero-order valence-electron chi connectivity index (χ0n) is 13.4. The van der Waals surface area contributed by atoms with Crippen LogP contribution >= 0.6 is 11.3 Å². The molecule has 0 unspecified atom stereocenters. The third-order valence-electron chi connectivity index (χ3n) is 5.05. The normalized spacial score (nSPS) is 23.8. The molecule has 5 heterocycles. The lowest BCUT2D eigenvalue weighted by atomic mass is 10.0. The first-order valence-electron chi connectivity index (χ1n) is 8.27. The summed E-state index contributed by atoms with van der Waals surface area (Å²) in [5.41, 5.74) is 2.35. The molecular weight excluding hydrogens is 322 g/mol. The second-order valence-corrected chi connectivity index (χ2v) is 7.63. The number of fused-ring (bicyclic) bond motifs is 1. The standard InChI is InChI=1S/C18H19N3O2S/c1-2-16(24-7-1)15-8-19-17-11-23-18(13-21(15)17)4-5-20(12-18)9-14-3-6-22-10-14/h1-3,6-8,10H,4-5,9,11-13H2/t18-/m1/s1. The molecule has 1 spiro atoms. The summed E-state index contributed by atoms with van der Waals surface area (Å²) in [6, 6.07) is 6.30. The van der Waals surface area contributed by atoms with Crippen molar-refractivity contribution in [2.45, 2.75) is 31.7 Å². The van der Waals surface area contributed by atoms with E-state index in [2.05, 4.69) is 32.0 Å². The monoisotopic (exact) mass is 341 g/mol. The van der Waals surface area contributed by atoms with Crippen LogP contribution in [0.3, 0.4) is 0 Å². The number of likely N-dealkylation sites (tertiary alicyclic amines) is 1. The molecule has 0 aromatic carbocycles. The SMILES string of the molecule is c1csc(-c2cnc3n2C[C@]2(CCN(Cc4ccoc4)C2)OC3)c1. The Labute approximate surface area is 144 Å². The van der Waals surface area contributed by atoms with E-state index in [0.29, 0.717) is 6.61 Å². The van der Waals surface area contributed by atoms with Gasteiger partial charge in [0.2, 0.25) is 0 Å². The Balaban J connectivity index is 1.38. The summed E-state index contributed by atoms with van der Waals surface area (Å²) in [5, 5.41) is 2.12. The van der Waals surface area contributed by atoms with Gasteiger partial charge in [-0.3, -0.25) is 4.90 Å². The van der Waals surface area contributed by atoms with Crippen molar-refractivity contribution in [3.8, 4) is 10.6 Å². The lowest BCUT2D eigenvalue weighted by Crippen LogP contribution is -2.44. The lowest BCUT2D eigenvalue weighted by Gasteiger charge is -2.35. The lowest BCUT2D eigenvalue weighted by molar-refractivity contribution is -0.0821. The van der Waals surface area contributed by atoms with Crippen LogP contribution in [-0.4, -0.2) is 33.1 Å². The van der Waals surface area contributed by atoms with Crippen LogP contribution in [0, 0.1) is 0 Å². The number of aromatic nitrogens is 2. The molecule has 2 aliphatic rings. The van der Waals surface area contributed by atoms with Gasteiger partial charge < -0.3 is 13.7 Å². The van der Waals surface area contributed by atoms with Gasteiger partial charge in [0.25, 0.3) is 0 Å². The molecule has 1 fully saturated rings. The van der Waals surface area contributed by atoms with E-state index in [-0.39, 0.29) is 5.60 Å². The Morgan fingerprint density at radius 1 is 1.29 bits per heavy atom. The Kier molecular flexibility index (Phi) is 3.36. The van der Waals surface area contributed by atoms with Crippen LogP contribution < -0.4 is 0 Å². The molecule has 3 aromatic heterocycles. The predicted molar refractivity (Wildman–Crippen MR) is 91.7 cm³/mol. The van der Waals surface area contributed by atoms with Crippen LogP contribution in [0.1, 0.15) is 17.8 Å². The van der Waals surface area contributed by atoms with Gasteiger partial charge in [0.15, 0.2) is 0 Å². The Morgan fingerprint density at radius 3 is 3.12 bits per heavy atom. The first-order valence-corrected chi connectivity index (χ1v) is 9.15. The van der Waals surface area contributed by atoms with E-state index in [0.717, 1.165) is 38.4 Å². The summed E-state index contributed by atoms with van der Waals surface area (Å²) < 4.78 is 13.8. The van der Waals surface area contributed by atoms with Crippen molar-refractivity contribution >= 4 is 11.3 Å². The highest BCUT2D eigenvalue weighted by Crippen LogP contribution is 2.36. The third-order valence-corrected chi connectivity index (χ3v) is 5.94. The molecule has 0 saturated carbocycles. The quantitative estimate of drug-likeness (QED) is 0.732. The maximum absolute atomic E-state index is 6.29. The molecule has 0 bridgehead atoms. The predicted octanol–water partition coefficient (Wildman–Crippen LogP) is 3.38. The zero-order chi connectivity index (χ0) is 16.0. The maximum Gasteiger partial charge on any atom is 0.135 e. The average Bonchev–Trinajstić information content (AvgIpc) is 3.35. The van der Waals surface area contributed by atoms with Crippen LogP contribution in [0.5, 0.6) is 0 Å². The zero-order valence-corrected chi connectivity index (χ0v) is 14.2. The van der Waals surface area contributed by atoms with Gasteiger partial charge >= 0.3 is 0 Å². The van der Waals surface area contributed by atoms with Gasteiger partial charge in [-0.05, 0) is 23.9 Å². The average molecular weight is 341 g/mol. The van der Waals surface area contributed by atoms with Crippen LogP contribution in [0.2, 0.25) is 0 Å². The van der Waals surface area contributed by atoms with Gasteiger partial charge in [0.1, 0.15) is 18.0 Å². The number of imidazole rings is 1. The summed E-state index contributed by atoms with van der Waals surface area (Å²) in [6.45, 7) is 4.43. The van der Waals surface area contributed by atoms with Crippen molar-refractivity contribution < 1.29 is 9.15 Å². The molecule has 6 heteroatoms. The molecule has 3 aromatic rings. The highest BCUT2D eigenvalue weighted by molar-refractivity contribution is 7.13. The molecule has 1 atom stereocenters. The fourth-order valence-electron chi connectivity index (χ4n) is 3.83. The summed E-state index contributed by atoms with van der Waals surface area (Å²) in [4.78, 5) is 8.30. The van der Waals surface area contributed by atoms with E-state index < -0.39 is 0 Å². The van der Waals surface area contributed by atoms with Gasteiger partial charge in [-0.25, -0.2) is 4.98 Å². The maximum atomic E-state index is 6.29. The molecule has 0 radical (unpaired) electrons. The molecular formula is C18H19N3O2S. The minimum Gasteiger partial charge on any atom is -0.472 e. The third kappa shape index (κ3) is 2.42. The van der Waals surface area contributed by atoms with Crippen molar-refractivity contribution in [3.05, 3.63) is 53.7 Å². The second kappa shape index (κ2) is 5.58. The number of hydrogen-bond acceptors (Lipinski definition) is 5. The molecule has 0 aliphatic carbocycles. The Bertz CT molecular complexity index is 825. The molecule has 0 amide bonds. The van der Waals surface area contributed by atoms with Gasteiger partial charge in [-0.2, -0.15) is 0 Å². The number of nitrogens with zero attached hydrogens (tertiary/aromatic N) is 3. The molecule has 0 N–H and O–H groups in total. The molecule has 5 nitrogen and oxygen atoms in total. The number of ether oxygens (including phenoxy) is 1. The van der Waals surface area contributed by atoms with Gasteiger partial charge in [-0.1, -0.05) is 6.07 Å². The minimum absolute atomic E-state index is 0.0938. The fourth-order valence-corrected chi connectivity index (χ4v) is 4.57. The largest absolute Gasteiger partial charge is 0.472 e. The van der Waals surface area contributed by atoms with E-state index >= 15 is 0 Å². The molecule has 2 aliphatic heterocycles. The van der Waals surface area contributed by atoms with E-state index in [1.807, 2.05) is 18.5 Å². The van der Waals surface area contributed by atoms with E-state index in [1.165, 1.54) is 16.1 Å². The van der Waals surface area contributed by atoms with Crippen molar-refractivity contribution in [3.63, 3.8) is 0 Å². The van der Waals surface area contributed by atoms with Gasteiger partial charge in [0.05, 0.1) is 35.8 Å². The van der Waals surface area contributed by atoms with Crippen LogP contribution in [0.4, 0.5) is 0 Å². The minimum atomic E-state index is -0.0938. The van der Waals surface area contributed by atoms with Crippen molar-refractivity contribution in [1.82, 2.24) is 14.5 Å². The highest BCUT2D eigenvalue weighted by Gasteiger charge is 2.43. The summed E-state index contributed by atoms with van der Waals surface area (Å²) in [5.74, 6) is 1.04. The number of furan rings is 1. The van der Waals surface area contributed by atoms with Crippen LogP contribution in [0.15, 0.2) is 46.7 Å². The van der Waals surface area contributed by atoms with Crippen molar-refractivity contribution in [2.75, 3.05) is 13.1 Å². The second-order valence-electron chi connectivity index (χ2n) is 6.69. The molecule has 124 valence electrons. The molecule has 5 rings (SSSR count). The highest BCUT2D eigenvalue weighted by atomic mass is 32.1. The summed E-state index contributed by atoms with van der Waals surface area (Å²) in [6.07, 6.45) is 6.62. The number of hydrogen-bond donors (Lipinski definition) is 0. The van der Waals surface area contributed by atoms with Gasteiger partial charge in [0, 0.05) is 25.2 Å².